The summed E-state index contributed by atoms with van der Waals surface area (Å²) in [4.78, 5) is 26.7. The number of carbonyl (C=O) groups excluding carboxylic acids is 1. The van der Waals surface area contributed by atoms with E-state index in [1.54, 1.807) is 17.0 Å². The Hall–Kier alpha value is -3.22. The van der Waals surface area contributed by atoms with Gasteiger partial charge in [-0.15, -0.1) is 0 Å². The summed E-state index contributed by atoms with van der Waals surface area (Å²) in [7, 11) is 0. The van der Waals surface area contributed by atoms with E-state index >= 15 is 0 Å². The number of amides is 1. The molecule has 0 unspecified atom stereocenters. The molecule has 1 aliphatic heterocycles. The standard InChI is InChI=1S/C17H15N5O2/c23-16(20-11-10-13-6-4-5-9-15(13)20)12-21-17(24)22(19-18-21)14-7-2-1-3-8-14/h1-9H,10-12H2. The topological polar surface area (TPSA) is 73.0 Å². The van der Waals surface area contributed by atoms with E-state index < -0.39 is 5.69 Å². The van der Waals surface area contributed by atoms with Crippen LogP contribution in [0.5, 0.6) is 0 Å². The third kappa shape index (κ3) is 2.40. The maximum absolute atomic E-state index is 12.6. The molecule has 120 valence electrons. The molecule has 1 aromatic heterocycles. The van der Waals surface area contributed by atoms with Crippen molar-refractivity contribution in [2.24, 2.45) is 0 Å². The van der Waals surface area contributed by atoms with Crippen LogP contribution in [0.1, 0.15) is 5.56 Å². The molecule has 0 bridgehead atoms. The molecule has 0 aliphatic carbocycles. The van der Waals surface area contributed by atoms with Gasteiger partial charge in [0.2, 0.25) is 5.91 Å². The van der Waals surface area contributed by atoms with E-state index in [0.29, 0.717) is 12.2 Å². The quantitative estimate of drug-likeness (QED) is 0.722. The minimum absolute atomic E-state index is 0.125. The Morgan fingerprint density at radius 3 is 2.58 bits per heavy atom. The third-order valence-corrected chi connectivity index (χ3v) is 4.11. The van der Waals surface area contributed by atoms with E-state index in [-0.39, 0.29) is 12.5 Å². The normalized spacial score (nSPS) is 13.1. The number of hydrogen-bond acceptors (Lipinski definition) is 4. The molecule has 0 radical (unpaired) electrons. The summed E-state index contributed by atoms with van der Waals surface area (Å²) in [5, 5.41) is 7.69. The van der Waals surface area contributed by atoms with Crippen LogP contribution in [0.25, 0.3) is 5.69 Å². The first-order valence-electron chi connectivity index (χ1n) is 7.70. The largest absolute Gasteiger partial charge is 0.368 e. The number of rotatable bonds is 3. The van der Waals surface area contributed by atoms with E-state index in [4.69, 9.17) is 0 Å². The molecule has 0 fully saturated rings. The predicted molar refractivity (Wildman–Crippen MR) is 88.1 cm³/mol. The van der Waals surface area contributed by atoms with Crippen molar-refractivity contribution < 1.29 is 4.79 Å². The van der Waals surface area contributed by atoms with Gasteiger partial charge in [0.25, 0.3) is 0 Å². The number of anilines is 1. The molecule has 7 heteroatoms. The highest BCUT2D eigenvalue weighted by Gasteiger charge is 2.25. The first kappa shape index (κ1) is 14.4. The zero-order valence-corrected chi connectivity index (χ0v) is 12.9. The number of nitrogens with zero attached hydrogens (tertiary/aromatic N) is 5. The highest BCUT2D eigenvalue weighted by Crippen LogP contribution is 2.27. The Morgan fingerprint density at radius 2 is 1.75 bits per heavy atom. The molecule has 7 nitrogen and oxygen atoms in total. The number of aromatic nitrogens is 4. The average molecular weight is 321 g/mol. The number of tetrazole rings is 1. The Morgan fingerprint density at radius 1 is 1.00 bits per heavy atom. The minimum atomic E-state index is -0.429. The van der Waals surface area contributed by atoms with Crippen LogP contribution < -0.4 is 10.6 Å². The molecule has 24 heavy (non-hydrogen) atoms. The van der Waals surface area contributed by atoms with Crippen LogP contribution >= 0.6 is 0 Å². The summed E-state index contributed by atoms with van der Waals surface area (Å²) in [5.41, 5.74) is 2.24. The van der Waals surface area contributed by atoms with Gasteiger partial charge in [-0.1, -0.05) is 36.4 Å². The molecule has 0 spiro atoms. The lowest BCUT2D eigenvalue weighted by atomic mass is 10.2. The van der Waals surface area contributed by atoms with Crippen LogP contribution in [-0.4, -0.2) is 32.2 Å². The average Bonchev–Trinajstić information content (AvgIpc) is 3.20. The van der Waals surface area contributed by atoms with Gasteiger partial charge in [-0.25, -0.2) is 4.79 Å². The van der Waals surface area contributed by atoms with Gasteiger partial charge in [0.15, 0.2) is 0 Å². The van der Waals surface area contributed by atoms with Crippen molar-refractivity contribution in [3.63, 3.8) is 0 Å². The molecule has 2 aromatic carbocycles. The van der Waals surface area contributed by atoms with Crippen molar-refractivity contribution in [3.8, 4) is 5.69 Å². The molecule has 1 amide bonds. The van der Waals surface area contributed by atoms with Crippen LogP contribution in [0, 0.1) is 0 Å². The Labute approximate surface area is 137 Å². The molecular formula is C17H15N5O2. The van der Waals surface area contributed by atoms with Crippen LogP contribution in [0.15, 0.2) is 59.4 Å². The number of fused-ring (bicyclic) bond motifs is 1. The molecule has 3 aromatic rings. The fraction of sp³-hybridized carbons (Fsp3) is 0.176. The summed E-state index contributed by atoms with van der Waals surface area (Å²) in [6.07, 6.45) is 0.827. The molecule has 0 saturated heterocycles. The Bertz CT molecular complexity index is 945. The van der Waals surface area contributed by atoms with Crippen molar-refractivity contribution >= 4 is 11.6 Å². The first-order valence-corrected chi connectivity index (χ1v) is 7.70. The van der Waals surface area contributed by atoms with Gasteiger partial charge in [-0.05, 0) is 40.6 Å². The molecular weight excluding hydrogens is 306 g/mol. The van der Waals surface area contributed by atoms with Gasteiger partial charge >= 0.3 is 5.69 Å². The fourth-order valence-corrected chi connectivity index (χ4v) is 2.92. The minimum Gasteiger partial charge on any atom is -0.310 e. The van der Waals surface area contributed by atoms with Gasteiger partial charge in [-0.2, -0.15) is 9.36 Å². The van der Waals surface area contributed by atoms with E-state index in [1.165, 1.54) is 4.68 Å². The fourth-order valence-electron chi connectivity index (χ4n) is 2.92. The van der Waals surface area contributed by atoms with E-state index in [1.807, 2.05) is 42.5 Å². The van der Waals surface area contributed by atoms with Crippen molar-refractivity contribution in [1.82, 2.24) is 19.8 Å². The van der Waals surface area contributed by atoms with Gasteiger partial charge in [-0.3, -0.25) is 4.79 Å². The summed E-state index contributed by atoms with van der Waals surface area (Å²) in [5.74, 6) is -0.165. The van der Waals surface area contributed by atoms with E-state index in [9.17, 15) is 9.59 Å². The number of hydrogen-bond donors (Lipinski definition) is 0. The third-order valence-electron chi connectivity index (χ3n) is 4.11. The second-order valence-electron chi connectivity index (χ2n) is 5.59. The molecule has 2 heterocycles. The summed E-state index contributed by atoms with van der Waals surface area (Å²) in [6, 6.07) is 16.8. The van der Waals surface area contributed by atoms with E-state index in [2.05, 4.69) is 10.4 Å². The van der Waals surface area contributed by atoms with Crippen molar-refractivity contribution in [2.75, 3.05) is 11.4 Å². The maximum Gasteiger partial charge on any atom is 0.368 e. The van der Waals surface area contributed by atoms with Crippen molar-refractivity contribution in [2.45, 2.75) is 13.0 Å². The van der Waals surface area contributed by atoms with Crippen LogP contribution in [-0.2, 0) is 17.8 Å². The highest BCUT2D eigenvalue weighted by molar-refractivity contribution is 5.95. The van der Waals surface area contributed by atoms with Gasteiger partial charge in [0.1, 0.15) is 6.54 Å². The zero-order valence-electron chi connectivity index (χ0n) is 12.9. The monoisotopic (exact) mass is 321 g/mol. The van der Waals surface area contributed by atoms with Gasteiger partial charge < -0.3 is 4.90 Å². The van der Waals surface area contributed by atoms with Crippen molar-refractivity contribution in [1.29, 1.82) is 0 Å². The second kappa shape index (κ2) is 5.77. The van der Waals surface area contributed by atoms with E-state index in [0.717, 1.165) is 22.4 Å². The summed E-state index contributed by atoms with van der Waals surface area (Å²) >= 11 is 0. The smallest absolute Gasteiger partial charge is 0.310 e. The van der Waals surface area contributed by atoms with Crippen LogP contribution in [0.2, 0.25) is 0 Å². The Kier molecular flexibility index (Phi) is 3.45. The Balaban J connectivity index is 1.58. The lowest BCUT2D eigenvalue weighted by Crippen LogP contribution is -2.36. The molecule has 0 saturated carbocycles. The van der Waals surface area contributed by atoms with Gasteiger partial charge in [0.05, 0.1) is 5.69 Å². The lowest BCUT2D eigenvalue weighted by molar-refractivity contribution is -0.119. The van der Waals surface area contributed by atoms with Crippen molar-refractivity contribution in [3.05, 3.63) is 70.6 Å². The summed E-state index contributed by atoms with van der Waals surface area (Å²) in [6.45, 7) is 0.500. The number of carbonyl (C=O) groups is 1. The van der Waals surface area contributed by atoms with Crippen LogP contribution in [0.3, 0.4) is 0 Å². The lowest BCUT2D eigenvalue weighted by Gasteiger charge is -2.16. The maximum atomic E-state index is 12.6. The summed E-state index contributed by atoms with van der Waals surface area (Å²) < 4.78 is 2.28. The molecule has 1 aliphatic rings. The zero-order chi connectivity index (χ0) is 16.5. The number of para-hydroxylation sites is 2. The number of benzene rings is 2. The SMILES string of the molecule is O=C(Cn1nnn(-c2ccccc2)c1=O)N1CCc2ccccc21. The van der Waals surface area contributed by atoms with Gasteiger partial charge in [0, 0.05) is 12.2 Å². The second-order valence-corrected chi connectivity index (χ2v) is 5.59. The molecule has 0 atom stereocenters. The van der Waals surface area contributed by atoms with Crippen LogP contribution in [0.4, 0.5) is 5.69 Å². The highest BCUT2D eigenvalue weighted by atomic mass is 16.2. The predicted octanol–water partition coefficient (Wildman–Crippen LogP) is 1.02. The molecule has 0 N–H and O–H groups in total. The first-order chi connectivity index (χ1) is 11.7. The molecule has 4 rings (SSSR count).